The maximum Gasteiger partial charge on any atom is 0.328 e. The number of nitrogens with zero attached hydrogens (tertiary/aromatic N) is 1. The molecule has 1 aliphatic rings. The van der Waals surface area contributed by atoms with Gasteiger partial charge in [0.1, 0.15) is 11.8 Å². The number of phenolic OH excluding ortho intramolecular Hbond substituents is 1. The van der Waals surface area contributed by atoms with Crippen LogP contribution in [-0.2, 0) is 27.2 Å². The first-order valence-electron chi connectivity index (χ1n) is 11.2. The van der Waals surface area contributed by atoms with E-state index in [-0.39, 0.29) is 23.6 Å². The summed E-state index contributed by atoms with van der Waals surface area (Å²) in [5.41, 5.74) is 3.17. The van der Waals surface area contributed by atoms with E-state index in [1.807, 2.05) is 36.4 Å². The number of fused-ring (bicyclic) bond motifs is 1. The van der Waals surface area contributed by atoms with Crippen LogP contribution in [0.3, 0.4) is 0 Å². The zero-order chi connectivity index (χ0) is 24.9. The number of H-pyrrole nitrogens is 2. The number of para-hydroxylation sites is 1. The summed E-state index contributed by atoms with van der Waals surface area (Å²) in [6.07, 6.45) is 3.08. The second kappa shape index (κ2) is 10.3. The Kier molecular flexibility index (Phi) is 6.96. The molecule has 35 heavy (non-hydrogen) atoms. The molecule has 180 valence electrons. The number of carbonyl (C=O) groups is 2. The van der Waals surface area contributed by atoms with Gasteiger partial charge in [0.15, 0.2) is 0 Å². The summed E-state index contributed by atoms with van der Waals surface area (Å²) < 4.78 is 4.88. The molecule has 2 aromatic carbocycles. The van der Waals surface area contributed by atoms with Gasteiger partial charge < -0.3 is 20.3 Å². The Hall–Kier alpha value is -4.40. The second-order valence-electron chi connectivity index (χ2n) is 8.26. The Morgan fingerprint density at radius 1 is 1.11 bits per heavy atom. The number of aromatic nitrogens is 2. The zero-order valence-electron chi connectivity index (χ0n) is 19.4. The maximum absolute atomic E-state index is 12.6. The van der Waals surface area contributed by atoms with Gasteiger partial charge >= 0.3 is 5.97 Å². The van der Waals surface area contributed by atoms with Gasteiger partial charge in [0.25, 0.3) is 5.56 Å². The molecule has 1 aliphatic heterocycles. The van der Waals surface area contributed by atoms with Gasteiger partial charge in [0.05, 0.1) is 23.7 Å². The summed E-state index contributed by atoms with van der Waals surface area (Å²) in [6.45, 7) is 1.34. The first-order chi connectivity index (χ1) is 16.9. The number of amides is 1. The Bertz CT molecular complexity index is 1460. The lowest BCUT2D eigenvalue weighted by Crippen LogP contribution is -2.41. The van der Waals surface area contributed by atoms with Crippen LogP contribution in [0.1, 0.15) is 30.2 Å². The molecule has 0 saturated carbocycles. The quantitative estimate of drug-likeness (QED) is 0.362. The van der Waals surface area contributed by atoms with E-state index in [1.165, 1.54) is 14.0 Å². The fourth-order valence-electron chi connectivity index (χ4n) is 4.10. The molecule has 4 N–H and O–H groups in total. The van der Waals surface area contributed by atoms with Crippen molar-refractivity contribution in [3.05, 3.63) is 92.0 Å². The van der Waals surface area contributed by atoms with E-state index in [4.69, 9.17) is 9.73 Å². The molecule has 1 amide bonds. The summed E-state index contributed by atoms with van der Waals surface area (Å²) in [5.74, 6) is -0.719. The van der Waals surface area contributed by atoms with Gasteiger partial charge in [-0.1, -0.05) is 30.3 Å². The molecule has 1 aromatic heterocycles. The summed E-state index contributed by atoms with van der Waals surface area (Å²) in [7, 11) is 1.27. The third kappa shape index (κ3) is 5.40. The third-order valence-corrected chi connectivity index (χ3v) is 5.83. The van der Waals surface area contributed by atoms with Gasteiger partial charge in [0, 0.05) is 24.3 Å². The minimum atomic E-state index is -0.893. The van der Waals surface area contributed by atoms with E-state index in [9.17, 15) is 19.5 Å². The van der Waals surface area contributed by atoms with E-state index in [0.717, 1.165) is 21.7 Å². The van der Waals surface area contributed by atoms with Crippen LogP contribution in [0.15, 0.2) is 64.0 Å². The van der Waals surface area contributed by atoms with Gasteiger partial charge in [0.2, 0.25) is 5.91 Å². The Morgan fingerprint density at radius 3 is 2.57 bits per heavy atom. The van der Waals surface area contributed by atoms with Crippen molar-refractivity contribution in [3.63, 3.8) is 0 Å². The number of methoxy groups -OCH3 is 1. The number of nitrogens with one attached hydrogen (secondary N) is 3. The molecule has 0 radical (unpaired) electrons. The van der Waals surface area contributed by atoms with Gasteiger partial charge in [-0.25, -0.2) is 9.79 Å². The topological polar surface area (TPSA) is 137 Å². The summed E-state index contributed by atoms with van der Waals surface area (Å²) >= 11 is 0. The van der Waals surface area contributed by atoms with Gasteiger partial charge in [-0.05, 0) is 48.3 Å². The lowest BCUT2D eigenvalue weighted by Gasteiger charge is -2.16. The molecule has 0 spiro atoms. The highest BCUT2D eigenvalue weighted by Gasteiger charge is 2.25. The lowest BCUT2D eigenvalue weighted by atomic mass is 9.99. The monoisotopic (exact) mass is 474 g/mol. The van der Waals surface area contributed by atoms with E-state index >= 15 is 0 Å². The molecule has 0 aliphatic carbocycles. The Balaban J connectivity index is 1.69. The van der Waals surface area contributed by atoms with Crippen molar-refractivity contribution in [2.75, 3.05) is 7.11 Å². The molecule has 0 fully saturated rings. The number of hydrogen-bond acceptors (Lipinski definition) is 6. The number of phenols is 1. The van der Waals surface area contributed by atoms with Crippen LogP contribution in [0.5, 0.6) is 5.75 Å². The average Bonchev–Trinajstić information content (AvgIpc) is 3.37. The van der Waals surface area contributed by atoms with Gasteiger partial charge in [-0.15, -0.1) is 0 Å². The number of aromatic hydroxyl groups is 1. The number of benzene rings is 2. The summed E-state index contributed by atoms with van der Waals surface area (Å²) in [6, 6.07) is 13.5. The third-order valence-electron chi connectivity index (χ3n) is 5.83. The van der Waals surface area contributed by atoms with E-state index in [1.54, 1.807) is 18.2 Å². The first-order valence-corrected chi connectivity index (χ1v) is 11.2. The van der Waals surface area contributed by atoms with Crippen LogP contribution in [0.2, 0.25) is 0 Å². The van der Waals surface area contributed by atoms with Crippen LogP contribution < -0.4 is 21.5 Å². The molecule has 2 heterocycles. The highest BCUT2D eigenvalue weighted by atomic mass is 16.5. The number of allylic oxidation sites excluding steroid dienone is 1. The predicted octanol–water partition coefficient (Wildman–Crippen LogP) is 1.09. The van der Waals surface area contributed by atoms with Crippen molar-refractivity contribution >= 4 is 23.5 Å². The zero-order valence-corrected chi connectivity index (χ0v) is 19.4. The van der Waals surface area contributed by atoms with E-state index in [0.29, 0.717) is 29.8 Å². The number of carbonyl (C=O) groups excluding carboxylic acids is 2. The largest absolute Gasteiger partial charge is 0.508 e. The molecule has 0 saturated heterocycles. The van der Waals surface area contributed by atoms with Crippen molar-refractivity contribution in [2.45, 2.75) is 32.2 Å². The maximum atomic E-state index is 12.6. The fraction of sp³-hybridized carbons (Fsp3) is 0.231. The Labute approximate surface area is 200 Å². The van der Waals surface area contributed by atoms with Crippen molar-refractivity contribution in [2.24, 2.45) is 4.99 Å². The SMILES string of the molecule is COC(=O)C(CC1=c2ccccc2=N/C1=C/c1c(CCc2ccc(O)cc2)[nH][nH]c1=O)NC(C)=O. The van der Waals surface area contributed by atoms with Crippen molar-refractivity contribution in [1.29, 1.82) is 0 Å². The molecule has 0 bridgehead atoms. The molecule has 3 aromatic rings. The number of ether oxygens (including phenoxy) is 1. The van der Waals surface area contributed by atoms with Crippen LogP contribution >= 0.6 is 0 Å². The molecule has 4 rings (SSSR count). The number of esters is 1. The number of hydrogen-bond donors (Lipinski definition) is 4. The van der Waals surface area contributed by atoms with Crippen molar-refractivity contribution < 1.29 is 19.4 Å². The smallest absolute Gasteiger partial charge is 0.328 e. The normalized spacial score (nSPS) is 14.3. The Morgan fingerprint density at radius 2 is 1.86 bits per heavy atom. The van der Waals surface area contributed by atoms with Gasteiger partial charge in [-0.3, -0.25) is 14.7 Å². The highest BCUT2D eigenvalue weighted by Crippen LogP contribution is 2.23. The van der Waals surface area contributed by atoms with E-state index in [2.05, 4.69) is 15.5 Å². The van der Waals surface area contributed by atoms with E-state index < -0.39 is 12.0 Å². The summed E-state index contributed by atoms with van der Waals surface area (Å²) in [4.78, 5) is 41.4. The lowest BCUT2D eigenvalue weighted by molar-refractivity contribution is -0.144. The molecule has 1 unspecified atom stereocenters. The molecular formula is C26H26N4O5. The molecule has 9 nitrogen and oxygen atoms in total. The van der Waals surface area contributed by atoms with Crippen molar-refractivity contribution in [3.8, 4) is 5.75 Å². The first kappa shape index (κ1) is 23.7. The molecular weight excluding hydrogens is 448 g/mol. The minimum Gasteiger partial charge on any atom is -0.508 e. The summed E-state index contributed by atoms with van der Waals surface area (Å²) in [5, 5.41) is 19.3. The minimum absolute atomic E-state index is 0.157. The number of aryl methyl sites for hydroxylation is 2. The number of aromatic amines is 2. The second-order valence-corrected chi connectivity index (χ2v) is 8.26. The van der Waals surface area contributed by atoms with Crippen molar-refractivity contribution in [1.82, 2.24) is 15.5 Å². The standard InChI is InChI=1S/C26H26N4O5/c1-15(31)27-24(26(34)35-2)13-19-18-5-3-4-6-21(18)28-23(19)14-20-22(29-30-25(20)33)12-9-16-7-10-17(32)11-8-16/h3-8,10-11,14,24,32H,9,12-13H2,1-2H3,(H,27,31)(H2,29,30,33)/b23-14+. The van der Waals surface area contributed by atoms with Crippen LogP contribution in [-0.4, -0.2) is 40.3 Å². The van der Waals surface area contributed by atoms with Crippen LogP contribution in [0.4, 0.5) is 0 Å². The number of rotatable bonds is 8. The molecule has 9 heteroatoms. The fourth-order valence-corrected chi connectivity index (χ4v) is 4.10. The molecule has 1 atom stereocenters. The average molecular weight is 475 g/mol. The highest BCUT2D eigenvalue weighted by molar-refractivity contribution is 5.86. The van der Waals surface area contributed by atoms with Crippen LogP contribution in [0.25, 0.3) is 11.6 Å². The van der Waals surface area contributed by atoms with Gasteiger partial charge in [-0.2, -0.15) is 0 Å². The van der Waals surface area contributed by atoms with Crippen LogP contribution in [0, 0.1) is 0 Å². The predicted molar refractivity (Wildman–Crippen MR) is 130 cm³/mol.